The van der Waals surface area contributed by atoms with Crippen LogP contribution >= 0.6 is 0 Å². The quantitative estimate of drug-likeness (QED) is 0.630. The predicted molar refractivity (Wildman–Crippen MR) is 55.6 cm³/mol. The Morgan fingerprint density at radius 2 is 2.00 bits per heavy atom. The summed E-state index contributed by atoms with van der Waals surface area (Å²) < 4.78 is 0. The lowest BCUT2D eigenvalue weighted by atomic mass is 10.2. The van der Waals surface area contributed by atoms with E-state index in [1.807, 2.05) is 31.2 Å². The van der Waals surface area contributed by atoms with Gasteiger partial charge >= 0.3 is 0 Å². The van der Waals surface area contributed by atoms with Crippen LogP contribution in [-0.2, 0) is 0 Å². The average Bonchev–Trinajstić information content (AvgIpc) is 2.05. The minimum absolute atomic E-state index is 0.545. The number of nitrogens with two attached hydrogens (primary N) is 1. The first-order chi connectivity index (χ1) is 5.70. The van der Waals surface area contributed by atoms with Gasteiger partial charge in [0.15, 0.2) is 0 Å². The maximum Gasteiger partial charge on any atom is 0.0241 e. The fourth-order valence-corrected chi connectivity index (χ4v) is 0.602. The summed E-state index contributed by atoms with van der Waals surface area (Å²) in [6.07, 6.45) is 11.2. The van der Waals surface area contributed by atoms with Crippen molar-refractivity contribution in [3.63, 3.8) is 0 Å². The fraction of sp³-hybridized carbons (Fsp3) is 0.0909. The minimum atomic E-state index is 0.545. The molecule has 1 heteroatoms. The Labute approximate surface area is 74.3 Å². The summed E-state index contributed by atoms with van der Waals surface area (Å²) in [5.41, 5.74) is 6.92. The molecule has 0 aromatic rings. The molecular formula is C11H15N. The molecule has 64 valence electrons. The lowest BCUT2D eigenvalue weighted by Crippen LogP contribution is -1.88. The van der Waals surface area contributed by atoms with Crippen LogP contribution in [0.4, 0.5) is 0 Å². The standard InChI is InChI=1S/C11H15N/c1-4-6-7-11(5-2)9-8-10(3)12/h4-9H,2-3,12H2,1H3/b6-4-,9-8+,11-7+. The van der Waals surface area contributed by atoms with Crippen molar-refractivity contribution in [3.05, 3.63) is 60.9 Å². The number of hydrogen-bond acceptors (Lipinski definition) is 1. The second kappa shape index (κ2) is 6.23. The molecule has 0 atom stereocenters. The number of rotatable bonds is 4. The van der Waals surface area contributed by atoms with Gasteiger partial charge in [0.1, 0.15) is 0 Å². The Kier molecular flexibility index (Phi) is 5.45. The summed E-state index contributed by atoms with van der Waals surface area (Å²) in [5.74, 6) is 0. The zero-order valence-electron chi connectivity index (χ0n) is 7.46. The van der Waals surface area contributed by atoms with Crippen molar-refractivity contribution in [1.29, 1.82) is 0 Å². The second-order valence-electron chi connectivity index (χ2n) is 2.30. The number of hydrogen-bond donors (Lipinski definition) is 1. The molecule has 0 unspecified atom stereocenters. The molecule has 0 aliphatic heterocycles. The zero-order chi connectivity index (χ0) is 9.40. The molecule has 0 aliphatic rings. The van der Waals surface area contributed by atoms with Gasteiger partial charge in [-0.1, -0.05) is 43.5 Å². The summed E-state index contributed by atoms with van der Waals surface area (Å²) in [4.78, 5) is 0. The van der Waals surface area contributed by atoms with Crippen LogP contribution in [0, 0.1) is 0 Å². The molecule has 0 spiro atoms. The van der Waals surface area contributed by atoms with Gasteiger partial charge in [-0.2, -0.15) is 0 Å². The minimum Gasteiger partial charge on any atom is -0.399 e. The van der Waals surface area contributed by atoms with E-state index in [0.717, 1.165) is 5.57 Å². The topological polar surface area (TPSA) is 26.0 Å². The summed E-state index contributed by atoms with van der Waals surface area (Å²) in [7, 11) is 0. The molecule has 0 amide bonds. The van der Waals surface area contributed by atoms with Gasteiger partial charge in [0.25, 0.3) is 0 Å². The van der Waals surface area contributed by atoms with Gasteiger partial charge in [-0.3, -0.25) is 0 Å². The van der Waals surface area contributed by atoms with E-state index in [4.69, 9.17) is 5.73 Å². The largest absolute Gasteiger partial charge is 0.399 e. The van der Waals surface area contributed by atoms with E-state index in [2.05, 4.69) is 13.2 Å². The Balaban J connectivity index is 4.36. The highest BCUT2D eigenvalue weighted by molar-refractivity contribution is 5.35. The maximum atomic E-state index is 5.36. The van der Waals surface area contributed by atoms with Gasteiger partial charge in [0.2, 0.25) is 0 Å². The van der Waals surface area contributed by atoms with Crippen molar-refractivity contribution >= 4 is 0 Å². The van der Waals surface area contributed by atoms with Crippen LogP contribution in [0.1, 0.15) is 6.92 Å². The summed E-state index contributed by atoms with van der Waals surface area (Å²) in [6, 6.07) is 0. The Bertz CT molecular complexity index is 242. The van der Waals surface area contributed by atoms with Crippen LogP contribution in [0.25, 0.3) is 0 Å². The molecule has 0 radical (unpaired) electrons. The van der Waals surface area contributed by atoms with Crippen LogP contribution in [0.5, 0.6) is 0 Å². The molecule has 0 aromatic heterocycles. The van der Waals surface area contributed by atoms with Crippen molar-refractivity contribution in [2.45, 2.75) is 6.92 Å². The Morgan fingerprint density at radius 3 is 2.42 bits per heavy atom. The molecule has 0 fully saturated rings. The van der Waals surface area contributed by atoms with Gasteiger partial charge in [0, 0.05) is 5.70 Å². The van der Waals surface area contributed by atoms with Gasteiger partial charge in [-0.15, -0.1) is 0 Å². The Hall–Kier alpha value is -1.50. The molecule has 0 saturated carbocycles. The van der Waals surface area contributed by atoms with Gasteiger partial charge < -0.3 is 5.73 Å². The third kappa shape index (κ3) is 5.30. The first-order valence-corrected chi connectivity index (χ1v) is 3.78. The highest BCUT2D eigenvalue weighted by Crippen LogP contribution is 1.99. The van der Waals surface area contributed by atoms with E-state index >= 15 is 0 Å². The summed E-state index contributed by atoms with van der Waals surface area (Å²) in [6.45, 7) is 9.18. The van der Waals surface area contributed by atoms with Crippen molar-refractivity contribution in [2.24, 2.45) is 5.73 Å². The van der Waals surface area contributed by atoms with E-state index < -0.39 is 0 Å². The molecule has 0 rings (SSSR count). The fourth-order valence-electron chi connectivity index (χ4n) is 0.602. The van der Waals surface area contributed by atoms with Gasteiger partial charge in [-0.25, -0.2) is 0 Å². The third-order valence-electron chi connectivity index (χ3n) is 1.21. The van der Waals surface area contributed by atoms with Gasteiger partial charge in [-0.05, 0) is 18.6 Å². The first-order valence-electron chi connectivity index (χ1n) is 3.78. The molecule has 1 nitrogen and oxygen atoms in total. The first kappa shape index (κ1) is 10.5. The van der Waals surface area contributed by atoms with Crippen molar-refractivity contribution < 1.29 is 0 Å². The molecule has 0 aromatic carbocycles. The van der Waals surface area contributed by atoms with E-state index in [1.54, 1.807) is 12.2 Å². The molecule has 0 heterocycles. The van der Waals surface area contributed by atoms with E-state index in [0.29, 0.717) is 5.70 Å². The smallest absolute Gasteiger partial charge is 0.0241 e. The Morgan fingerprint density at radius 1 is 1.33 bits per heavy atom. The van der Waals surface area contributed by atoms with Crippen LogP contribution in [0.2, 0.25) is 0 Å². The van der Waals surface area contributed by atoms with E-state index in [-0.39, 0.29) is 0 Å². The van der Waals surface area contributed by atoms with E-state index in [1.165, 1.54) is 0 Å². The highest BCUT2D eigenvalue weighted by atomic mass is 14.5. The average molecular weight is 161 g/mol. The maximum absolute atomic E-state index is 5.36. The second-order valence-corrected chi connectivity index (χ2v) is 2.30. The van der Waals surface area contributed by atoms with Crippen LogP contribution in [-0.4, -0.2) is 0 Å². The normalized spacial score (nSPS) is 12.6. The highest BCUT2D eigenvalue weighted by Gasteiger charge is 1.80. The zero-order valence-corrected chi connectivity index (χ0v) is 7.46. The lowest BCUT2D eigenvalue weighted by Gasteiger charge is -1.90. The molecule has 0 aliphatic carbocycles. The third-order valence-corrected chi connectivity index (χ3v) is 1.21. The van der Waals surface area contributed by atoms with Crippen molar-refractivity contribution in [1.82, 2.24) is 0 Å². The van der Waals surface area contributed by atoms with Gasteiger partial charge in [0.05, 0.1) is 0 Å². The lowest BCUT2D eigenvalue weighted by molar-refractivity contribution is 1.45. The monoisotopic (exact) mass is 161 g/mol. The predicted octanol–water partition coefficient (Wildman–Crippen LogP) is 2.70. The van der Waals surface area contributed by atoms with Crippen LogP contribution < -0.4 is 5.73 Å². The molecule has 12 heavy (non-hydrogen) atoms. The van der Waals surface area contributed by atoms with Crippen molar-refractivity contribution in [2.75, 3.05) is 0 Å². The summed E-state index contributed by atoms with van der Waals surface area (Å²) in [5, 5.41) is 0. The SMILES string of the molecule is C=CC(/C=C/C(=C)N)=C\C=C/C. The van der Waals surface area contributed by atoms with E-state index in [9.17, 15) is 0 Å². The van der Waals surface area contributed by atoms with Crippen LogP contribution in [0.15, 0.2) is 60.9 Å². The van der Waals surface area contributed by atoms with Crippen molar-refractivity contribution in [3.8, 4) is 0 Å². The molecule has 0 saturated heterocycles. The number of allylic oxidation sites excluding steroid dienone is 7. The van der Waals surface area contributed by atoms with Crippen LogP contribution in [0.3, 0.4) is 0 Å². The molecular weight excluding hydrogens is 146 g/mol. The molecule has 2 N–H and O–H groups in total. The molecule has 0 bridgehead atoms. The summed E-state index contributed by atoms with van der Waals surface area (Å²) >= 11 is 0.